The van der Waals surface area contributed by atoms with Crippen molar-refractivity contribution >= 4 is 29.7 Å². The quantitative estimate of drug-likeness (QED) is 0.374. The molecular weight excluding hydrogens is 440 g/mol. The third-order valence-electron chi connectivity index (χ3n) is 4.54. The van der Waals surface area contributed by atoms with Gasteiger partial charge in [0.25, 0.3) is 0 Å². The Morgan fingerprint density at radius 2 is 1.47 bits per heavy atom. The SMILES string of the molecule is CCS[C@H]1O[C@H](COCc2ccc(OC)cc2)[C@@H](OC(C)=O)[C@H](OC(C)=O)[C@@H]1OC(C)=O. The molecule has 1 fully saturated rings. The molecule has 1 aliphatic heterocycles. The molecule has 1 saturated heterocycles. The Hall–Kier alpha value is -2.30. The van der Waals surface area contributed by atoms with Crippen molar-refractivity contribution in [3.8, 4) is 5.75 Å². The van der Waals surface area contributed by atoms with Crippen LogP contribution < -0.4 is 4.74 Å². The monoisotopic (exact) mass is 470 g/mol. The van der Waals surface area contributed by atoms with Crippen molar-refractivity contribution in [2.45, 2.75) is 64.2 Å². The van der Waals surface area contributed by atoms with E-state index in [9.17, 15) is 14.4 Å². The molecule has 0 aromatic heterocycles. The molecule has 0 radical (unpaired) electrons. The smallest absolute Gasteiger partial charge is 0.303 e. The van der Waals surface area contributed by atoms with Crippen LogP contribution in [0, 0.1) is 0 Å². The van der Waals surface area contributed by atoms with Crippen molar-refractivity contribution in [2.24, 2.45) is 0 Å². The van der Waals surface area contributed by atoms with Gasteiger partial charge in [-0.2, -0.15) is 0 Å². The number of thioether (sulfide) groups is 1. The third kappa shape index (κ3) is 7.68. The van der Waals surface area contributed by atoms with E-state index in [-0.39, 0.29) is 13.2 Å². The van der Waals surface area contributed by atoms with Gasteiger partial charge in [0.2, 0.25) is 0 Å². The average Bonchev–Trinajstić information content (AvgIpc) is 2.72. The van der Waals surface area contributed by atoms with Gasteiger partial charge < -0.3 is 28.4 Å². The number of ether oxygens (including phenoxy) is 6. The summed E-state index contributed by atoms with van der Waals surface area (Å²) >= 11 is 1.39. The zero-order valence-corrected chi connectivity index (χ0v) is 19.7. The molecule has 0 N–H and O–H groups in total. The molecule has 0 unspecified atom stereocenters. The van der Waals surface area contributed by atoms with E-state index < -0.39 is 47.8 Å². The van der Waals surface area contributed by atoms with E-state index in [1.54, 1.807) is 7.11 Å². The lowest BCUT2D eigenvalue weighted by Gasteiger charge is -2.44. The first-order chi connectivity index (χ1) is 15.2. The number of benzene rings is 1. The first kappa shape index (κ1) is 26.0. The second-order valence-corrected chi connectivity index (χ2v) is 8.46. The Balaban J connectivity index is 2.21. The van der Waals surface area contributed by atoms with Crippen LogP contribution in [-0.4, -0.2) is 67.2 Å². The molecule has 178 valence electrons. The van der Waals surface area contributed by atoms with Crippen LogP contribution in [0.5, 0.6) is 5.75 Å². The number of hydrogen-bond acceptors (Lipinski definition) is 10. The minimum absolute atomic E-state index is 0.0648. The van der Waals surface area contributed by atoms with E-state index in [4.69, 9.17) is 28.4 Å². The lowest BCUT2D eigenvalue weighted by Crippen LogP contribution is -2.61. The van der Waals surface area contributed by atoms with E-state index in [0.29, 0.717) is 5.75 Å². The average molecular weight is 471 g/mol. The molecule has 1 aromatic carbocycles. The van der Waals surface area contributed by atoms with Crippen LogP contribution in [-0.2, 0) is 44.7 Å². The summed E-state index contributed by atoms with van der Waals surface area (Å²) in [6.45, 7) is 6.01. The summed E-state index contributed by atoms with van der Waals surface area (Å²) in [6.07, 6.45) is -3.72. The Kier molecular flexibility index (Phi) is 10.3. The Bertz CT molecular complexity index is 767. The van der Waals surface area contributed by atoms with E-state index in [0.717, 1.165) is 11.3 Å². The van der Waals surface area contributed by atoms with E-state index >= 15 is 0 Å². The normalized spacial score (nSPS) is 25.0. The Morgan fingerprint density at radius 1 is 0.906 bits per heavy atom. The number of rotatable bonds is 10. The maximum atomic E-state index is 11.8. The molecule has 9 nitrogen and oxygen atoms in total. The molecule has 0 saturated carbocycles. The number of esters is 3. The Morgan fingerprint density at radius 3 is 2.00 bits per heavy atom. The van der Waals surface area contributed by atoms with Gasteiger partial charge in [-0.25, -0.2) is 0 Å². The van der Waals surface area contributed by atoms with Crippen molar-refractivity contribution < 1.29 is 42.8 Å². The van der Waals surface area contributed by atoms with Gasteiger partial charge in [0.05, 0.1) is 20.3 Å². The van der Waals surface area contributed by atoms with Crippen LogP contribution in [0.1, 0.15) is 33.3 Å². The van der Waals surface area contributed by atoms with Gasteiger partial charge in [-0.1, -0.05) is 19.1 Å². The molecule has 0 spiro atoms. The summed E-state index contributed by atoms with van der Waals surface area (Å²) in [5.74, 6) is -0.344. The van der Waals surface area contributed by atoms with Gasteiger partial charge in [-0.05, 0) is 23.4 Å². The van der Waals surface area contributed by atoms with Gasteiger partial charge in [-0.3, -0.25) is 14.4 Å². The maximum Gasteiger partial charge on any atom is 0.303 e. The van der Waals surface area contributed by atoms with E-state index in [1.807, 2.05) is 31.2 Å². The molecule has 2 rings (SSSR count). The summed E-state index contributed by atoms with van der Waals surface area (Å²) in [6, 6.07) is 7.40. The molecular formula is C22H30O9S. The van der Waals surface area contributed by atoms with Gasteiger partial charge in [0.15, 0.2) is 18.3 Å². The second-order valence-electron chi connectivity index (χ2n) is 7.08. The largest absolute Gasteiger partial charge is 0.497 e. The highest BCUT2D eigenvalue weighted by Crippen LogP contribution is 2.34. The maximum absolute atomic E-state index is 11.8. The van der Waals surface area contributed by atoms with Gasteiger partial charge >= 0.3 is 17.9 Å². The summed E-state index contributed by atoms with van der Waals surface area (Å²) in [4.78, 5) is 35.3. The number of carbonyl (C=O) groups excluding carboxylic acids is 3. The first-order valence-corrected chi connectivity index (χ1v) is 11.3. The Labute approximate surface area is 192 Å². The zero-order chi connectivity index (χ0) is 23.7. The van der Waals surface area contributed by atoms with Crippen LogP contribution in [0.25, 0.3) is 0 Å². The molecule has 1 aromatic rings. The minimum Gasteiger partial charge on any atom is -0.497 e. The summed E-state index contributed by atoms with van der Waals surface area (Å²) < 4.78 is 33.4. The lowest BCUT2D eigenvalue weighted by molar-refractivity contribution is -0.238. The molecule has 10 heteroatoms. The highest BCUT2D eigenvalue weighted by Gasteiger charge is 2.51. The van der Waals surface area contributed by atoms with Crippen LogP contribution in [0.3, 0.4) is 0 Å². The van der Waals surface area contributed by atoms with Crippen LogP contribution in [0.15, 0.2) is 24.3 Å². The summed E-state index contributed by atoms with van der Waals surface area (Å²) in [5.41, 5.74) is 0.286. The van der Waals surface area contributed by atoms with Crippen LogP contribution in [0.2, 0.25) is 0 Å². The fraction of sp³-hybridized carbons (Fsp3) is 0.591. The lowest BCUT2D eigenvalue weighted by atomic mass is 9.99. The number of hydrogen-bond donors (Lipinski definition) is 0. The number of carbonyl (C=O) groups is 3. The standard InChI is InChI=1S/C22H30O9S/c1-6-32-22-21(30-15(4)25)20(29-14(3)24)19(28-13(2)23)18(31-22)12-27-11-16-7-9-17(26-5)10-8-16/h7-10,18-22H,6,11-12H2,1-5H3/t18-,19-,20+,21+,22-/m1/s1. The molecule has 0 amide bonds. The predicted molar refractivity (Wildman–Crippen MR) is 116 cm³/mol. The van der Waals surface area contributed by atoms with E-state index in [1.165, 1.54) is 32.5 Å². The molecule has 0 bridgehead atoms. The highest BCUT2D eigenvalue weighted by atomic mass is 32.2. The van der Waals surface area contributed by atoms with Crippen molar-refractivity contribution in [2.75, 3.05) is 19.5 Å². The van der Waals surface area contributed by atoms with Crippen LogP contribution in [0.4, 0.5) is 0 Å². The van der Waals surface area contributed by atoms with Gasteiger partial charge in [-0.15, -0.1) is 11.8 Å². The third-order valence-corrected chi connectivity index (χ3v) is 5.58. The zero-order valence-electron chi connectivity index (χ0n) is 18.9. The van der Waals surface area contributed by atoms with Crippen molar-refractivity contribution in [3.63, 3.8) is 0 Å². The highest BCUT2D eigenvalue weighted by molar-refractivity contribution is 7.99. The minimum atomic E-state index is -1.03. The van der Waals surface area contributed by atoms with Gasteiger partial charge in [0.1, 0.15) is 17.3 Å². The number of methoxy groups -OCH3 is 1. The summed E-state index contributed by atoms with van der Waals surface area (Å²) in [7, 11) is 1.59. The fourth-order valence-electron chi connectivity index (χ4n) is 3.30. The van der Waals surface area contributed by atoms with Gasteiger partial charge in [0, 0.05) is 20.8 Å². The molecule has 1 heterocycles. The topological polar surface area (TPSA) is 107 Å². The van der Waals surface area contributed by atoms with Crippen molar-refractivity contribution in [1.82, 2.24) is 0 Å². The van der Waals surface area contributed by atoms with Crippen molar-refractivity contribution in [1.29, 1.82) is 0 Å². The predicted octanol–water partition coefficient (Wildman–Crippen LogP) is 2.48. The first-order valence-electron chi connectivity index (χ1n) is 10.2. The second kappa shape index (κ2) is 12.7. The fourth-order valence-corrected chi connectivity index (χ4v) is 4.25. The van der Waals surface area contributed by atoms with Crippen LogP contribution >= 0.6 is 11.8 Å². The molecule has 32 heavy (non-hydrogen) atoms. The van der Waals surface area contributed by atoms with Crippen molar-refractivity contribution in [3.05, 3.63) is 29.8 Å². The molecule has 0 aliphatic carbocycles. The molecule has 1 aliphatic rings. The summed E-state index contributed by atoms with van der Waals surface area (Å²) in [5, 5.41) is 0. The molecule has 5 atom stereocenters. The van der Waals surface area contributed by atoms with E-state index in [2.05, 4.69) is 0 Å².